The topological polar surface area (TPSA) is 57.5 Å². The predicted molar refractivity (Wildman–Crippen MR) is 54.0 cm³/mol. The first kappa shape index (κ1) is 13.2. The van der Waals surface area contributed by atoms with Crippen molar-refractivity contribution in [1.82, 2.24) is 0 Å². The molecule has 0 saturated heterocycles. The van der Waals surface area contributed by atoms with Crippen molar-refractivity contribution >= 4 is 29.2 Å². The van der Waals surface area contributed by atoms with Gasteiger partial charge in [-0.25, -0.2) is 13.6 Å². The minimum atomic E-state index is -3.50. The highest BCUT2D eigenvalue weighted by Crippen LogP contribution is 2.32. The summed E-state index contributed by atoms with van der Waals surface area (Å²) < 4.78 is 25.1. The maximum Gasteiger partial charge on any atom is 0.346 e. The van der Waals surface area contributed by atoms with Crippen molar-refractivity contribution in [1.29, 1.82) is 0 Å². The molecule has 88 valence electrons. The molecule has 1 aromatic rings. The van der Waals surface area contributed by atoms with Gasteiger partial charge in [-0.15, -0.1) is 0 Å². The Bertz CT molecular complexity index is 405. The van der Waals surface area contributed by atoms with Gasteiger partial charge in [0.25, 0.3) is 6.43 Å². The number of carboxylic acid groups (broad SMARTS) is 1. The van der Waals surface area contributed by atoms with Crippen LogP contribution >= 0.6 is 23.2 Å². The van der Waals surface area contributed by atoms with Crippen LogP contribution in [0.25, 0.3) is 0 Å². The highest BCUT2D eigenvalue weighted by Gasteiger charge is 2.48. The van der Waals surface area contributed by atoms with Gasteiger partial charge in [-0.05, 0) is 18.2 Å². The second-order valence-corrected chi connectivity index (χ2v) is 3.90. The van der Waals surface area contributed by atoms with Crippen molar-refractivity contribution < 1.29 is 23.8 Å². The second-order valence-electron chi connectivity index (χ2n) is 3.03. The molecular weight excluding hydrogens is 265 g/mol. The van der Waals surface area contributed by atoms with E-state index < -0.39 is 23.6 Å². The highest BCUT2D eigenvalue weighted by atomic mass is 35.5. The molecule has 16 heavy (non-hydrogen) atoms. The zero-order valence-electron chi connectivity index (χ0n) is 7.62. The Kier molecular flexibility index (Phi) is 3.72. The van der Waals surface area contributed by atoms with Crippen molar-refractivity contribution in [2.24, 2.45) is 0 Å². The Morgan fingerprint density at radius 3 is 2.00 bits per heavy atom. The number of aliphatic carboxylic acids is 1. The first-order valence-corrected chi connectivity index (χ1v) is 4.74. The van der Waals surface area contributed by atoms with Crippen LogP contribution in [0.1, 0.15) is 5.56 Å². The monoisotopic (exact) mass is 270 g/mol. The summed E-state index contributed by atoms with van der Waals surface area (Å²) in [5.41, 5.74) is -3.87. The summed E-state index contributed by atoms with van der Waals surface area (Å²) in [6.45, 7) is 0. The minimum Gasteiger partial charge on any atom is -0.479 e. The van der Waals surface area contributed by atoms with Crippen molar-refractivity contribution in [3.05, 3.63) is 33.8 Å². The number of aliphatic hydroxyl groups is 1. The summed E-state index contributed by atoms with van der Waals surface area (Å²) in [5.74, 6) is -2.07. The molecule has 0 aliphatic rings. The average Bonchev–Trinajstić information content (AvgIpc) is 2.14. The third-order valence-corrected chi connectivity index (χ3v) is 2.38. The maximum absolute atomic E-state index is 12.6. The number of hydrogen-bond donors (Lipinski definition) is 2. The van der Waals surface area contributed by atoms with Crippen LogP contribution in [-0.2, 0) is 10.4 Å². The lowest BCUT2D eigenvalue weighted by Crippen LogP contribution is -2.42. The molecule has 1 unspecified atom stereocenters. The van der Waals surface area contributed by atoms with Crippen molar-refractivity contribution in [3.63, 3.8) is 0 Å². The van der Waals surface area contributed by atoms with Crippen molar-refractivity contribution in [2.75, 3.05) is 0 Å². The normalized spacial score (nSPS) is 14.9. The van der Waals surface area contributed by atoms with Crippen LogP contribution in [0.15, 0.2) is 18.2 Å². The molecule has 0 bridgehead atoms. The van der Waals surface area contributed by atoms with Gasteiger partial charge in [-0.1, -0.05) is 23.2 Å². The zero-order chi connectivity index (χ0) is 12.5. The summed E-state index contributed by atoms with van der Waals surface area (Å²) in [7, 11) is 0. The van der Waals surface area contributed by atoms with Gasteiger partial charge in [0, 0.05) is 15.6 Å². The SMILES string of the molecule is O=C(O)C(O)(c1cc(Cl)cc(Cl)c1)C(F)F. The molecular formula is C9H6Cl2F2O3. The van der Waals surface area contributed by atoms with Crippen LogP contribution in [-0.4, -0.2) is 22.6 Å². The molecule has 0 spiro atoms. The molecule has 1 atom stereocenters. The molecule has 0 aromatic heterocycles. The number of carboxylic acids is 1. The molecule has 1 aromatic carbocycles. The smallest absolute Gasteiger partial charge is 0.346 e. The van der Waals surface area contributed by atoms with E-state index in [0.29, 0.717) is 0 Å². The number of carbonyl (C=O) groups is 1. The lowest BCUT2D eigenvalue weighted by Gasteiger charge is -2.23. The fourth-order valence-corrected chi connectivity index (χ4v) is 1.64. The first-order chi connectivity index (χ1) is 7.28. The molecule has 0 fully saturated rings. The fourth-order valence-electron chi connectivity index (χ4n) is 1.12. The van der Waals surface area contributed by atoms with E-state index in [1.165, 1.54) is 6.07 Å². The van der Waals surface area contributed by atoms with Gasteiger partial charge in [0.05, 0.1) is 0 Å². The van der Waals surface area contributed by atoms with Crippen molar-refractivity contribution in [2.45, 2.75) is 12.0 Å². The number of alkyl halides is 2. The van der Waals surface area contributed by atoms with E-state index >= 15 is 0 Å². The van der Waals surface area contributed by atoms with E-state index in [1.807, 2.05) is 0 Å². The lowest BCUT2D eigenvalue weighted by molar-refractivity contribution is -0.178. The molecule has 3 nitrogen and oxygen atoms in total. The second kappa shape index (κ2) is 4.53. The Balaban J connectivity index is 3.38. The molecule has 0 aliphatic carbocycles. The van der Waals surface area contributed by atoms with Gasteiger partial charge in [-0.3, -0.25) is 0 Å². The third-order valence-electron chi connectivity index (χ3n) is 1.94. The molecule has 0 heterocycles. The van der Waals surface area contributed by atoms with E-state index in [9.17, 15) is 18.7 Å². The first-order valence-electron chi connectivity index (χ1n) is 3.99. The zero-order valence-corrected chi connectivity index (χ0v) is 9.14. The lowest BCUT2D eigenvalue weighted by atomic mass is 9.94. The Labute approximate surface area is 99.2 Å². The Morgan fingerprint density at radius 2 is 1.69 bits per heavy atom. The standard InChI is InChI=1S/C9H6Cl2F2O3/c10-5-1-4(2-6(11)3-5)9(16,7(12)13)8(14)15/h1-3,7,16H,(H,14,15). The van der Waals surface area contributed by atoms with E-state index in [0.717, 1.165) is 12.1 Å². The van der Waals surface area contributed by atoms with Crippen molar-refractivity contribution in [3.8, 4) is 0 Å². The molecule has 0 amide bonds. The van der Waals surface area contributed by atoms with Gasteiger partial charge in [0.1, 0.15) is 0 Å². The van der Waals surface area contributed by atoms with Gasteiger partial charge < -0.3 is 10.2 Å². The van der Waals surface area contributed by atoms with Crippen LogP contribution < -0.4 is 0 Å². The van der Waals surface area contributed by atoms with Gasteiger partial charge in [0.15, 0.2) is 0 Å². The quantitative estimate of drug-likeness (QED) is 0.888. The van der Waals surface area contributed by atoms with E-state index in [4.69, 9.17) is 28.3 Å². The molecule has 0 radical (unpaired) electrons. The van der Waals surface area contributed by atoms with E-state index in [2.05, 4.69) is 0 Å². The average molecular weight is 271 g/mol. The Hall–Kier alpha value is -0.910. The molecule has 1 rings (SSSR count). The Morgan fingerprint density at radius 1 is 1.25 bits per heavy atom. The van der Waals surface area contributed by atoms with E-state index in [1.54, 1.807) is 0 Å². The fraction of sp³-hybridized carbons (Fsp3) is 0.222. The summed E-state index contributed by atoms with van der Waals surface area (Å²) in [4.78, 5) is 10.7. The number of rotatable bonds is 3. The van der Waals surface area contributed by atoms with Crippen LogP contribution in [0.4, 0.5) is 8.78 Å². The van der Waals surface area contributed by atoms with Crippen LogP contribution in [0, 0.1) is 0 Å². The summed E-state index contributed by atoms with van der Waals surface area (Å²) in [5, 5.41) is 18.0. The number of halogens is 4. The van der Waals surface area contributed by atoms with Gasteiger partial charge in [-0.2, -0.15) is 0 Å². The van der Waals surface area contributed by atoms with E-state index in [-0.39, 0.29) is 10.0 Å². The number of benzene rings is 1. The third kappa shape index (κ3) is 2.26. The largest absolute Gasteiger partial charge is 0.479 e. The molecule has 0 aliphatic heterocycles. The number of hydrogen-bond acceptors (Lipinski definition) is 2. The van der Waals surface area contributed by atoms with Crippen LogP contribution in [0.2, 0.25) is 10.0 Å². The highest BCUT2D eigenvalue weighted by molar-refractivity contribution is 6.34. The van der Waals surface area contributed by atoms with Gasteiger partial charge in [0.2, 0.25) is 5.60 Å². The van der Waals surface area contributed by atoms with Gasteiger partial charge >= 0.3 is 5.97 Å². The van der Waals surface area contributed by atoms with Crippen LogP contribution in [0.3, 0.4) is 0 Å². The predicted octanol–water partition coefficient (Wildman–Crippen LogP) is 2.53. The van der Waals surface area contributed by atoms with Crippen LogP contribution in [0.5, 0.6) is 0 Å². The summed E-state index contributed by atoms with van der Waals surface area (Å²) >= 11 is 11.1. The minimum absolute atomic E-state index is 0.0391. The molecule has 0 saturated carbocycles. The molecule has 2 N–H and O–H groups in total. The summed E-state index contributed by atoms with van der Waals surface area (Å²) in [6.07, 6.45) is -3.50. The molecule has 7 heteroatoms. The maximum atomic E-state index is 12.6. The summed E-state index contributed by atoms with van der Waals surface area (Å²) in [6, 6.07) is 3.09.